The minimum atomic E-state index is 0.585. The number of rotatable bonds is 5. The molecule has 2 aromatic carbocycles. The van der Waals surface area contributed by atoms with Crippen LogP contribution in [0.1, 0.15) is 16.7 Å². The Hall–Kier alpha value is -0.960. The summed E-state index contributed by atoms with van der Waals surface area (Å²) in [6.07, 6.45) is 1.18. The third-order valence-corrected chi connectivity index (χ3v) is 5.19. The number of hydrogen-bond acceptors (Lipinski definition) is 2. The Kier molecular flexibility index (Phi) is 4.66. The predicted octanol–water partition coefficient (Wildman–Crippen LogP) is 4.23. The molecule has 0 amide bonds. The summed E-state index contributed by atoms with van der Waals surface area (Å²) in [4.78, 5) is 1.45. The van der Waals surface area contributed by atoms with Crippen molar-refractivity contribution in [3.05, 3.63) is 65.2 Å². The van der Waals surface area contributed by atoms with Gasteiger partial charge in [-0.15, -0.1) is 23.4 Å². The maximum Gasteiger partial charge on any atom is 0.0474 e. The maximum atomic E-state index is 5.86. The molecule has 0 saturated heterocycles. The molecule has 1 aliphatic rings. The Labute approximate surface area is 129 Å². The molecule has 0 spiro atoms. The Bertz CT molecular complexity index is 560. The Morgan fingerprint density at radius 3 is 2.80 bits per heavy atom. The zero-order valence-electron chi connectivity index (χ0n) is 11.3. The molecule has 20 heavy (non-hydrogen) atoms. The van der Waals surface area contributed by atoms with E-state index in [9.17, 15) is 0 Å². The van der Waals surface area contributed by atoms with Gasteiger partial charge in [0.2, 0.25) is 0 Å². The van der Waals surface area contributed by atoms with Crippen molar-refractivity contribution >= 4 is 23.4 Å². The lowest BCUT2D eigenvalue weighted by Crippen LogP contribution is -2.24. The van der Waals surface area contributed by atoms with Gasteiger partial charge in [0.1, 0.15) is 0 Å². The molecule has 3 rings (SSSR count). The van der Waals surface area contributed by atoms with Gasteiger partial charge in [-0.1, -0.05) is 42.5 Å². The zero-order valence-corrected chi connectivity index (χ0v) is 12.9. The molecule has 0 aliphatic carbocycles. The lowest BCUT2D eigenvalue weighted by atomic mass is 10.1. The van der Waals surface area contributed by atoms with Crippen molar-refractivity contribution in [1.29, 1.82) is 0 Å². The highest BCUT2D eigenvalue weighted by Crippen LogP contribution is 2.36. The number of thioether (sulfide) groups is 1. The average Bonchev–Trinajstić information content (AvgIpc) is 2.90. The third kappa shape index (κ3) is 3.38. The van der Waals surface area contributed by atoms with Crippen LogP contribution in [0.15, 0.2) is 53.4 Å². The fraction of sp³-hybridized carbons (Fsp3) is 0.294. The topological polar surface area (TPSA) is 12.0 Å². The van der Waals surface area contributed by atoms with Crippen LogP contribution in [0, 0.1) is 0 Å². The van der Waals surface area contributed by atoms with Gasteiger partial charge in [0.15, 0.2) is 0 Å². The molecule has 104 valence electrons. The number of fused-ring (bicyclic) bond motifs is 1. The van der Waals surface area contributed by atoms with Gasteiger partial charge in [-0.05, 0) is 29.2 Å². The van der Waals surface area contributed by atoms with Crippen LogP contribution in [0.2, 0.25) is 0 Å². The highest BCUT2D eigenvalue weighted by molar-refractivity contribution is 8.00. The number of halogens is 1. The van der Waals surface area contributed by atoms with Crippen LogP contribution < -0.4 is 5.32 Å². The fourth-order valence-electron chi connectivity index (χ4n) is 2.57. The zero-order chi connectivity index (χ0) is 13.8. The van der Waals surface area contributed by atoms with E-state index in [1.54, 1.807) is 0 Å². The van der Waals surface area contributed by atoms with Crippen LogP contribution in [0.3, 0.4) is 0 Å². The van der Waals surface area contributed by atoms with Gasteiger partial charge < -0.3 is 5.32 Å². The first-order valence-corrected chi connectivity index (χ1v) is 8.35. The molecule has 3 heteroatoms. The molecular formula is C17H18ClNS. The molecule has 2 aromatic rings. The lowest BCUT2D eigenvalue weighted by Gasteiger charge is -2.10. The van der Waals surface area contributed by atoms with E-state index in [1.165, 1.54) is 28.0 Å². The molecule has 1 aliphatic heterocycles. The summed E-state index contributed by atoms with van der Waals surface area (Å²) in [5.74, 6) is 0.585. The van der Waals surface area contributed by atoms with E-state index in [4.69, 9.17) is 11.6 Å². The minimum Gasteiger partial charge on any atom is -0.312 e. The molecule has 1 nitrogen and oxygen atoms in total. The standard InChI is InChI=1S/C17H18ClNS/c18-10-13-4-3-5-14(8-13)11-19-12-16-9-15-6-1-2-7-17(15)20-16/h1-8,16,19H,9-12H2. The summed E-state index contributed by atoms with van der Waals surface area (Å²) < 4.78 is 0. The van der Waals surface area contributed by atoms with Gasteiger partial charge in [-0.3, -0.25) is 0 Å². The molecule has 0 bridgehead atoms. The lowest BCUT2D eigenvalue weighted by molar-refractivity contribution is 0.665. The Balaban J connectivity index is 1.49. The number of hydrogen-bond donors (Lipinski definition) is 1. The molecule has 0 fully saturated rings. The molecule has 1 heterocycles. The predicted molar refractivity (Wildman–Crippen MR) is 87.5 cm³/mol. The monoisotopic (exact) mass is 303 g/mol. The molecule has 0 aromatic heterocycles. The van der Waals surface area contributed by atoms with E-state index >= 15 is 0 Å². The van der Waals surface area contributed by atoms with Crippen molar-refractivity contribution in [2.75, 3.05) is 6.54 Å². The summed E-state index contributed by atoms with van der Waals surface area (Å²) >= 11 is 7.86. The Morgan fingerprint density at radius 2 is 1.95 bits per heavy atom. The molecule has 0 radical (unpaired) electrons. The second-order valence-corrected chi connectivity index (χ2v) is 6.75. The van der Waals surface area contributed by atoms with E-state index in [2.05, 4.69) is 53.8 Å². The van der Waals surface area contributed by atoms with Crippen LogP contribution in [-0.4, -0.2) is 11.8 Å². The van der Waals surface area contributed by atoms with Crippen LogP contribution in [0.4, 0.5) is 0 Å². The van der Waals surface area contributed by atoms with Crippen molar-refractivity contribution in [2.45, 2.75) is 29.0 Å². The van der Waals surface area contributed by atoms with Gasteiger partial charge >= 0.3 is 0 Å². The van der Waals surface area contributed by atoms with Crippen LogP contribution >= 0.6 is 23.4 Å². The summed E-state index contributed by atoms with van der Waals surface area (Å²) in [6.45, 7) is 1.96. The van der Waals surface area contributed by atoms with E-state index in [0.717, 1.165) is 13.1 Å². The minimum absolute atomic E-state index is 0.585. The average molecular weight is 304 g/mol. The third-order valence-electron chi connectivity index (χ3n) is 3.56. The molecule has 1 atom stereocenters. The highest BCUT2D eigenvalue weighted by atomic mass is 35.5. The van der Waals surface area contributed by atoms with E-state index in [0.29, 0.717) is 11.1 Å². The van der Waals surface area contributed by atoms with Crippen LogP contribution in [-0.2, 0) is 18.8 Å². The second kappa shape index (κ2) is 6.66. The summed E-state index contributed by atoms with van der Waals surface area (Å²) in [5.41, 5.74) is 3.99. The molecule has 1 N–H and O–H groups in total. The second-order valence-electron chi connectivity index (χ2n) is 5.14. The first-order chi connectivity index (χ1) is 9.85. The smallest absolute Gasteiger partial charge is 0.0474 e. The Morgan fingerprint density at radius 1 is 1.10 bits per heavy atom. The van der Waals surface area contributed by atoms with Gasteiger partial charge in [0, 0.05) is 29.1 Å². The first kappa shape index (κ1) is 14.0. The maximum absolute atomic E-state index is 5.86. The van der Waals surface area contributed by atoms with Gasteiger partial charge in [0.05, 0.1) is 0 Å². The molecule has 0 saturated carbocycles. The number of nitrogens with one attached hydrogen (secondary N) is 1. The molecule has 1 unspecified atom stereocenters. The van der Waals surface area contributed by atoms with Gasteiger partial charge in [0.25, 0.3) is 0 Å². The normalized spacial score (nSPS) is 17.1. The summed E-state index contributed by atoms with van der Waals surface area (Å²) in [5, 5.41) is 4.22. The van der Waals surface area contributed by atoms with E-state index in [-0.39, 0.29) is 0 Å². The van der Waals surface area contributed by atoms with E-state index in [1.807, 2.05) is 11.8 Å². The number of benzene rings is 2. The van der Waals surface area contributed by atoms with Gasteiger partial charge in [-0.2, -0.15) is 0 Å². The SMILES string of the molecule is ClCc1cccc(CNCC2Cc3ccccc3S2)c1. The summed E-state index contributed by atoms with van der Waals surface area (Å²) in [6, 6.07) is 17.2. The van der Waals surface area contributed by atoms with E-state index < -0.39 is 0 Å². The molecular weight excluding hydrogens is 286 g/mol. The highest BCUT2D eigenvalue weighted by Gasteiger charge is 2.20. The van der Waals surface area contributed by atoms with Crippen molar-refractivity contribution in [2.24, 2.45) is 0 Å². The van der Waals surface area contributed by atoms with Gasteiger partial charge in [-0.25, -0.2) is 0 Å². The quantitative estimate of drug-likeness (QED) is 0.830. The largest absolute Gasteiger partial charge is 0.312 e. The number of alkyl halides is 1. The fourth-order valence-corrected chi connectivity index (χ4v) is 4.02. The van der Waals surface area contributed by atoms with Crippen molar-refractivity contribution < 1.29 is 0 Å². The van der Waals surface area contributed by atoms with Crippen molar-refractivity contribution in [1.82, 2.24) is 5.32 Å². The first-order valence-electron chi connectivity index (χ1n) is 6.94. The van der Waals surface area contributed by atoms with Crippen molar-refractivity contribution in [3.63, 3.8) is 0 Å². The van der Waals surface area contributed by atoms with Crippen LogP contribution in [0.25, 0.3) is 0 Å². The van der Waals surface area contributed by atoms with Crippen molar-refractivity contribution in [3.8, 4) is 0 Å². The van der Waals surface area contributed by atoms with Crippen LogP contribution in [0.5, 0.6) is 0 Å². The summed E-state index contributed by atoms with van der Waals surface area (Å²) in [7, 11) is 0.